The number of nitrogens with two attached hydrogens (primary N) is 1. The van der Waals surface area contributed by atoms with E-state index in [4.69, 9.17) is 26.2 Å². The highest BCUT2D eigenvalue weighted by molar-refractivity contribution is 7.89. The second-order valence-corrected chi connectivity index (χ2v) is 11.0. The molecule has 2 rings (SSSR count). The average Bonchev–Trinajstić information content (AvgIpc) is 2.77. The van der Waals surface area contributed by atoms with Crippen LogP contribution in [0.15, 0.2) is 41.3 Å². The Balaban J connectivity index is 2.28. The summed E-state index contributed by atoms with van der Waals surface area (Å²) in [5.41, 5.74) is 1.53. The molecule has 0 aliphatic carbocycles. The van der Waals surface area contributed by atoms with Crippen LogP contribution in [0.25, 0.3) is 11.1 Å². The highest BCUT2D eigenvalue weighted by atomic mass is 35.5. The van der Waals surface area contributed by atoms with E-state index < -0.39 is 21.7 Å². The fourth-order valence-electron chi connectivity index (χ4n) is 3.43. The molecule has 2 aromatic carbocycles. The number of hydrogen-bond donors (Lipinski definition) is 1. The predicted octanol–water partition coefficient (Wildman–Crippen LogP) is 4.81. The lowest BCUT2D eigenvalue weighted by Crippen LogP contribution is -2.38. The van der Waals surface area contributed by atoms with E-state index in [1.54, 1.807) is 49.9 Å². The molecule has 0 aromatic heterocycles. The largest absolute Gasteiger partial charge is 0.495 e. The SMILES string of the molecule is COc1ccc(-c2ccc(Cl)c(CCN(CCCCC=O)C(=O)OC(C)(C)C)c2)cc1S(N)(=O)=O. The number of hydrogen-bond acceptors (Lipinski definition) is 6. The monoisotopic (exact) mass is 524 g/mol. The van der Waals surface area contributed by atoms with Crippen LogP contribution < -0.4 is 9.88 Å². The van der Waals surface area contributed by atoms with Gasteiger partial charge in [-0.25, -0.2) is 18.4 Å². The molecule has 0 unspecified atom stereocenters. The number of amides is 1. The predicted molar refractivity (Wildman–Crippen MR) is 136 cm³/mol. The van der Waals surface area contributed by atoms with Gasteiger partial charge in [0.05, 0.1) is 7.11 Å². The number of aldehydes is 1. The van der Waals surface area contributed by atoms with Crippen LogP contribution in [0.2, 0.25) is 5.02 Å². The van der Waals surface area contributed by atoms with Crippen LogP contribution in [-0.4, -0.2) is 51.5 Å². The second kappa shape index (κ2) is 12.4. The van der Waals surface area contributed by atoms with Crippen molar-refractivity contribution >= 4 is 34.0 Å². The summed E-state index contributed by atoms with van der Waals surface area (Å²) >= 11 is 6.44. The van der Waals surface area contributed by atoms with E-state index in [0.29, 0.717) is 49.4 Å². The maximum atomic E-state index is 12.7. The Bertz CT molecular complexity index is 1150. The van der Waals surface area contributed by atoms with Crippen LogP contribution in [-0.2, 0) is 26.0 Å². The molecule has 192 valence electrons. The van der Waals surface area contributed by atoms with Crippen molar-refractivity contribution in [3.8, 4) is 16.9 Å². The zero-order valence-corrected chi connectivity index (χ0v) is 22.1. The van der Waals surface area contributed by atoms with Gasteiger partial charge in [-0.15, -0.1) is 0 Å². The first kappa shape index (κ1) is 28.6. The molecule has 0 aliphatic heterocycles. The maximum Gasteiger partial charge on any atom is 0.410 e. The number of carbonyl (C=O) groups excluding carboxylic acids is 2. The molecule has 1 amide bonds. The minimum absolute atomic E-state index is 0.111. The van der Waals surface area contributed by atoms with Gasteiger partial charge in [0.1, 0.15) is 22.5 Å². The third kappa shape index (κ3) is 8.83. The summed E-state index contributed by atoms with van der Waals surface area (Å²) in [6.07, 6.45) is 2.69. The molecule has 0 aliphatic rings. The van der Waals surface area contributed by atoms with Crippen molar-refractivity contribution in [2.75, 3.05) is 20.2 Å². The van der Waals surface area contributed by atoms with Gasteiger partial charge in [0.15, 0.2) is 0 Å². The van der Waals surface area contributed by atoms with Gasteiger partial charge < -0.3 is 19.2 Å². The summed E-state index contributed by atoms with van der Waals surface area (Å²) in [6.45, 7) is 6.24. The lowest BCUT2D eigenvalue weighted by atomic mass is 10.0. The summed E-state index contributed by atoms with van der Waals surface area (Å²) in [6, 6.07) is 10.1. The van der Waals surface area contributed by atoms with Crippen molar-refractivity contribution in [1.29, 1.82) is 0 Å². The Kier molecular flexibility index (Phi) is 10.1. The van der Waals surface area contributed by atoms with Crippen molar-refractivity contribution in [1.82, 2.24) is 4.90 Å². The first-order chi connectivity index (χ1) is 16.4. The van der Waals surface area contributed by atoms with Crippen molar-refractivity contribution in [2.24, 2.45) is 5.14 Å². The highest BCUT2D eigenvalue weighted by Crippen LogP contribution is 2.31. The Morgan fingerprint density at radius 1 is 1.09 bits per heavy atom. The van der Waals surface area contributed by atoms with Crippen molar-refractivity contribution < 1.29 is 27.5 Å². The molecule has 8 nitrogen and oxygen atoms in total. The number of primary sulfonamides is 1. The molecule has 0 atom stereocenters. The number of sulfonamides is 1. The molecule has 0 saturated carbocycles. The second-order valence-electron chi connectivity index (χ2n) is 9.10. The third-order valence-corrected chi connectivity index (χ3v) is 6.45. The van der Waals surface area contributed by atoms with E-state index in [9.17, 15) is 18.0 Å². The molecule has 0 radical (unpaired) electrons. The highest BCUT2D eigenvalue weighted by Gasteiger charge is 2.22. The van der Waals surface area contributed by atoms with E-state index in [1.165, 1.54) is 13.2 Å². The molecule has 0 spiro atoms. The van der Waals surface area contributed by atoms with Crippen LogP contribution in [0, 0.1) is 0 Å². The molecule has 0 heterocycles. The van der Waals surface area contributed by atoms with Crippen LogP contribution in [0.4, 0.5) is 4.79 Å². The van der Waals surface area contributed by atoms with Crippen molar-refractivity contribution in [2.45, 2.75) is 57.0 Å². The average molecular weight is 525 g/mol. The Hall–Kier alpha value is -2.62. The van der Waals surface area contributed by atoms with Gasteiger partial charge in [0, 0.05) is 24.5 Å². The van der Waals surface area contributed by atoms with Gasteiger partial charge in [0.2, 0.25) is 10.0 Å². The number of nitrogens with zero attached hydrogens (tertiary/aromatic N) is 1. The number of unbranched alkanes of at least 4 members (excludes halogenated alkanes) is 2. The molecule has 0 fully saturated rings. The topological polar surface area (TPSA) is 116 Å². The van der Waals surface area contributed by atoms with Crippen LogP contribution in [0.1, 0.15) is 45.6 Å². The zero-order valence-electron chi connectivity index (χ0n) is 20.5. The van der Waals surface area contributed by atoms with Gasteiger partial charge in [-0.1, -0.05) is 23.7 Å². The summed E-state index contributed by atoms with van der Waals surface area (Å²) < 4.78 is 34.7. The van der Waals surface area contributed by atoms with Crippen LogP contribution in [0.5, 0.6) is 5.75 Å². The minimum atomic E-state index is -3.98. The minimum Gasteiger partial charge on any atom is -0.495 e. The van der Waals surface area contributed by atoms with E-state index in [-0.39, 0.29) is 10.6 Å². The maximum absolute atomic E-state index is 12.7. The number of methoxy groups -OCH3 is 1. The standard InChI is InChI=1S/C25H33ClN2O6S/c1-25(2,3)34-24(30)28(13-6-5-7-15-29)14-12-20-16-18(8-10-21(20)26)19-9-11-22(33-4)23(17-19)35(27,31)32/h8-11,15-17H,5-7,12-14H2,1-4H3,(H2,27,31,32). The number of benzene rings is 2. The quantitative estimate of drug-likeness (QED) is 0.333. The van der Waals surface area contributed by atoms with E-state index in [1.807, 2.05) is 6.07 Å². The molecule has 35 heavy (non-hydrogen) atoms. The van der Waals surface area contributed by atoms with E-state index in [2.05, 4.69) is 0 Å². The normalized spacial score (nSPS) is 11.7. The fraction of sp³-hybridized carbons (Fsp3) is 0.440. The third-order valence-electron chi connectivity index (χ3n) is 5.15. The van der Waals surface area contributed by atoms with Gasteiger partial charge in [-0.3, -0.25) is 0 Å². The number of ether oxygens (including phenoxy) is 2. The number of rotatable bonds is 11. The lowest BCUT2D eigenvalue weighted by Gasteiger charge is -2.27. The summed E-state index contributed by atoms with van der Waals surface area (Å²) in [7, 11) is -2.61. The Morgan fingerprint density at radius 3 is 2.34 bits per heavy atom. The zero-order chi connectivity index (χ0) is 26.2. The van der Waals surface area contributed by atoms with Gasteiger partial charge >= 0.3 is 6.09 Å². The summed E-state index contributed by atoms with van der Waals surface area (Å²) in [4.78, 5) is 24.8. The summed E-state index contributed by atoms with van der Waals surface area (Å²) in [5.74, 6) is 0.160. The van der Waals surface area contributed by atoms with E-state index in [0.717, 1.165) is 17.4 Å². The summed E-state index contributed by atoms with van der Waals surface area (Å²) in [5, 5.41) is 5.88. The van der Waals surface area contributed by atoms with Gasteiger partial charge in [0.25, 0.3) is 0 Å². The molecule has 0 saturated heterocycles. The number of halogens is 1. The molecule has 2 aromatic rings. The first-order valence-corrected chi connectivity index (χ1v) is 13.2. The van der Waals surface area contributed by atoms with E-state index >= 15 is 0 Å². The Morgan fingerprint density at radius 2 is 1.74 bits per heavy atom. The van der Waals surface area contributed by atoms with Crippen molar-refractivity contribution in [3.63, 3.8) is 0 Å². The molecule has 2 N–H and O–H groups in total. The lowest BCUT2D eigenvalue weighted by molar-refractivity contribution is -0.107. The van der Waals surface area contributed by atoms with Gasteiger partial charge in [-0.05, 0) is 81.0 Å². The molecule has 10 heteroatoms. The van der Waals surface area contributed by atoms with Crippen LogP contribution >= 0.6 is 11.6 Å². The molecular weight excluding hydrogens is 492 g/mol. The smallest absolute Gasteiger partial charge is 0.410 e. The molecule has 0 bridgehead atoms. The van der Waals surface area contributed by atoms with Crippen LogP contribution in [0.3, 0.4) is 0 Å². The number of carbonyl (C=O) groups is 2. The first-order valence-electron chi connectivity index (χ1n) is 11.3. The molecular formula is C25H33ClN2O6S. The van der Waals surface area contributed by atoms with Gasteiger partial charge in [-0.2, -0.15) is 0 Å². The fourth-order valence-corrected chi connectivity index (χ4v) is 4.37. The van der Waals surface area contributed by atoms with Crippen molar-refractivity contribution in [3.05, 3.63) is 47.0 Å². The Labute approximate surface area is 212 Å².